The molecule has 0 aliphatic carbocycles. The van der Waals surface area contributed by atoms with E-state index in [1.165, 1.54) is 0 Å². The van der Waals surface area contributed by atoms with Crippen LogP contribution in [0.1, 0.15) is 38.3 Å². The van der Waals surface area contributed by atoms with Crippen LogP contribution in [0, 0.1) is 0 Å². The summed E-state index contributed by atoms with van der Waals surface area (Å²) in [4.78, 5) is 14.6. The zero-order valence-electron chi connectivity index (χ0n) is 13.2. The van der Waals surface area contributed by atoms with Crippen molar-refractivity contribution >= 4 is 5.91 Å². The molecule has 1 fully saturated rings. The summed E-state index contributed by atoms with van der Waals surface area (Å²) >= 11 is 0. The van der Waals surface area contributed by atoms with E-state index in [4.69, 9.17) is 4.74 Å². The van der Waals surface area contributed by atoms with Crippen LogP contribution in [0.2, 0.25) is 0 Å². The van der Waals surface area contributed by atoms with Gasteiger partial charge in [0, 0.05) is 20.2 Å². The van der Waals surface area contributed by atoms with E-state index in [0.717, 1.165) is 31.5 Å². The third-order valence-electron chi connectivity index (χ3n) is 4.40. The molecule has 1 aliphatic heterocycles. The molecule has 1 amide bonds. The Labute approximate surface area is 127 Å². The van der Waals surface area contributed by atoms with E-state index in [0.29, 0.717) is 6.10 Å². The normalized spacial score (nSPS) is 20.0. The minimum absolute atomic E-state index is 0.0395. The van der Waals surface area contributed by atoms with Crippen LogP contribution < -0.4 is 5.32 Å². The number of nitrogens with one attached hydrogen (secondary N) is 1. The molecule has 0 aromatic heterocycles. The highest BCUT2D eigenvalue weighted by molar-refractivity contribution is 5.81. The van der Waals surface area contributed by atoms with Gasteiger partial charge in [-0.05, 0) is 32.3 Å². The molecule has 1 heterocycles. The van der Waals surface area contributed by atoms with Gasteiger partial charge in [-0.2, -0.15) is 0 Å². The van der Waals surface area contributed by atoms with Crippen molar-refractivity contribution in [2.24, 2.45) is 0 Å². The maximum absolute atomic E-state index is 12.4. The van der Waals surface area contributed by atoms with Crippen LogP contribution in [0.25, 0.3) is 0 Å². The maximum atomic E-state index is 12.4. The number of methoxy groups -OCH3 is 1. The molecule has 0 saturated carbocycles. The Bertz CT molecular complexity index is 441. The first-order chi connectivity index (χ1) is 10.1. The van der Waals surface area contributed by atoms with Crippen molar-refractivity contribution in [3.63, 3.8) is 0 Å². The molecule has 1 aromatic rings. The Morgan fingerprint density at radius 3 is 2.43 bits per heavy atom. The Kier molecular flexibility index (Phi) is 5.76. The van der Waals surface area contributed by atoms with Crippen molar-refractivity contribution in [3.8, 4) is 0 Å². The number of rotatable bonds is 5. The molecule has 21 heavy (non-hydrogen) atoms. The van der Waals surface area contributed by atoms with Gasteiger partial charge in [-0.25, -0.2) is 0 Å². The lowest BCUT2D eigenvalue weighted by atomic mass is 10.0. The van der Waals surface area contributed by atoms with Crippen molar-refractivity contribution in [1.29, 1.82) is 0 Å². The minimum Gasteiger partial charge on any atom is -0.381 e. The van der Waals surface area contributed by atoms with Gasteiger partial charge in [-0.1, -0.05) is 30.3 Å². The molecule has 2 rings (SSSR count). The van der Waals surface area contributed by atoms with E-state index in [2.05, 4.69) is 10.2 Å². The number of carbonyl (C=O) groups excluding carboxylic acids is 1. The third-order valence-corrected chi connectivity index (χ3v) is 4.40. The number of ether oxygens (including phenoxy) is 1. The predicted molar refractivity (Wildman–Crippen MR) is 84.1 cm³/mol. The molecule has 2 atom stereocenters. The van der Waals surface area contributed by atoms with Gasteiger partial charge in [0.05, 0.1) is 18.2 Å². The fourth-order valence-electron chi connectivity index (χ4n) is 2.82. The van der Waals surface area contributed by atoms with Gasteiger partial charge in [0.25, 0.3) is 0 Å². The van der Waals surface area contributed by atoms with E-state index in [-0.39, 0.29) is 18.0 Å². The van der Waals surface area contributed by atoms with Gasteiger partial charge >= 0.3 is 0 Å². The summed E-state index contributed by atoms with van der Waals surface area (Å²) in [5, 5.41) is 3.11. The first-order valence-corrected chi connectivity index (χ1v) is 7.74. The summed E-state index contributed by atoms with van der Waals surface area (Å²) < 4.78 is 5.37. The second-order valence-electron chi connectivity index (χ2n) is 5.79. The average Bonchev–Trinajstić information content (AvgIpc) is 2.55. The number of carbonyl (C=O) groups is 1. The van der Waals surface area contributed by atoms with Gasteiger partial charge in [0.1, 0.15) is 0 Å². The minimum atomic E-state index is -0.0889. The molecule has 2 unspecified atom stereocenters. The number of hydrogen-bond donors (Lipinski definition) is 1. The lowest BCUT2D eigenvalue weighted by Gasteiger charge is -2.35. The Morgan fingerprint density at radius 2 is 1.86 bits per heavy atom. The molecule has 1 saturated heterocycles. The topological polar surface area (TPSA) is 41.6 Å². The Hall–Kier alpha value is -1.39. The Morgan fingerprint density at radius 1 is 1.24 bits per heavy atom. The highest BCUT2D eigenvalue weighted by Crippen LogP contribution is 2.17. The second-order valence-corrected chi connectivity index (χ2v) is 5.79. The number of nitrogens with zero attached hydrogens (tertiary/aromatic N) is 1. The van der Waals surface area contributed by atoms with Crippen LogP contribution in [0.4, 0.5) is 0 Å². The van der Waals surface area contributed by atoms with Crippen molar-refractivity contribution in [3.05, 3.63) is 35.9 Å². The molecular formula is C17H26N2O2. The van der Waals surface area contributed by atoms with Gasteiger partial charge in [-0.15, -0.1) is 0 Å². The van der Waals surface area contributed by atoms with Gasteiger partial charge in [0.15, 0.2) is 0 Å². The van der Waals surface area contributed by atoms with Gasteiger partial charge < -0.3 is 10.1 Å². The summed E-state index contributed by atoms with van der Waals surface area (Å²) in [6.07, 6.45) is 2.35. The maximum Gasteiger partial charge on any atom is 0.237 e. The standard InChI is InChI=1S/C17H26N2O2/c1-13(15-7-5-4-6-8-15)18-17(20)14(2)19-11-9-16(21-3)10-12-19/h4-8,13-14,16H,9-12H2,1-3H3,(H,18,20). The van der Waals surface area contributed by atoms with Gasteiger partial charge in [-0.3, -0.25) is 9.69 Å². The third kappa shape index (κ3) is 4.29. The van der Waals surface area contributed by atoms with E-state index in [9.17, 15) is 4.79 Å². The number of piperidine rings is 1. The fourth-order valence-corrected chi connectivity index (χ4v) is 2.82. The van der Waals surface area contributed by atoms with Crippen LogP contribution in [-0.4, -0.2) is 43.2 Å². The fraction of sp³-hybridized carbons (Fsp3) is 0.588. The van der Waals surface area contributed by atoms with Crippen molar-refractivity contribution < 1.29 is 9.53 Å². The molecule has 0 bridgehead atoms. The largest absolute Gasteiger partial charge is 0.381 e. The Balaban J connectivity index is 1.85. The monoisotopic (exact) mass is 290 g/mol. The van der Waals surface area contributed by atoms with Gasteiger partial charge in [0.2, 0.25) is 5.91 Å². The lowest BCUT2D eigenvalue weighted by molar-refractivity contribution is -0.127. The van der Waals surface area contributed by atoms with Crippen molar-refractivity contribution in [2.75, 3.05) is 20.2 Å². The quantitative estimate of drug-likeness (QED) is 0.905. The zero-order chi connectivity index (χ0) is 15.2. The zero-order valence-corrected chi connectivity index (χ0v) is 13.2. The smallest absolute Gasteiger partial charge is 0.237 e. The van der Waals surface area contributed by atoms with Crippen LogP contribution in [-0.2, 0) is 9.53 Å². The highest BCUT2D eigenvalue weighted by Gasteiger charge is 2.27. The molecule has 1 aliphatic rings. The summed E-state index contributed by atoms with van der Waals surface area (Å²) in [7, 11) is 1.76. The number of likely N-dealkylation sites (tertiary alicyclic amines) is 1. The molecule has 1 N–H and O–H groups in total. The predicted octanol–water partition coefficient (Wildman–Crippen LogP) is 2.36. The molecule has 0 radical (unpaired) electrons. The first kappa shape index (κ1) is 16.0. The van der Waals surface area contributed by atoms with E-state index < -0.39 is 0 Å². The summed E-state index contributed by atoms with van der Waals surface area (Å²) in [5.74, 6) is 0.0993. The highest BCUT2D eigenvalue weighted by atomic mass is 16.5. The van der Waals surface area contributed by atoms with E-state index >= 15 is 0 Å². The van der Waals surface area contributed by atoms with Crippen LogP contribution in [0.5, 0.6) is 0 Å². The summed E-state index contributed by atoms with van der Waals surface area (Å²) in [5.41, 5.74) is 1.14. The number of benzene rings is 1. The number of hydrogen-bond acceptors (Lipinski definition) is 3. The lowest BCUT2D eigenvalue weighted by Crippen LogP contribution is -2.49. The average molecular weight is 290 g/mol. The molecule has 4 heteroatoms. The van der Waals surface area contributed by atoms with Crippen LogP contribution in [0.3, 0.4) is 0 Å². The van der Waals surface area contributed by atoms with Crippen LogP contribution >= 0.6 is 0 Å². The first-order valence-electron chi connectivity index (χ1n) is 7.74. The van der Waals surface area contributed by atoms with Crippen LogP contribution in [0.15, 0.2) is 30.3 Å². The number of amides is 1. The van der Waals surface area contributed by atoms with Crippen molar-refractivity contribution in [2.45, 2.75) is 44.9 Å². The molecule has 1 aromatic carbocycles. The molecular weight excluding hydrogens is 264 g/mol. The molecule has 0 spiro atoms. The van der Waals surface area contributed by atoms with Crippen molar-refractivity contribution in [1.82, 2.24) is 10.2 Å². The SMILES string of the molecule is COC1CCN(C(C)C(=O)NC(C)c2ccccc2)CC1. The van der Waals surface area contributed by atoms with E-state index in [1.807, 2.05) is 44.2 Å². The second kappa shape index (κ2) is 7.57. The summed E-state index contributed by atoms with van der Waals surface area (Å²) in [6, 6.07) is 10.0. The molecule has 4 nitrogen and oxygen atoms in total. The molecule has 116 valence electrons. The van der Waals surface area contributed by atoms with E-state index in [1.54, 1.807) is 7.11 Å². The summed E-state index contributed by atoms with van der Waals surface area (Å²) in [6.45, 7) is 5.86.